The van der Waals surface area contributed by atoms with Crippen LogP contribution < -0.4 is 5.32 Å². The molecule has 1 aromatic rings. The molecule has 1 N–H and O–H groups in total. The van der Waals surface area contributed by atoms with Crippen LogP contribution in [0.15, 0.2) is 30.3 Å². The number of hydrogen-bond acceptors (Lipinski definition) is 4. The van der Waals surface area contributed by atoms with Crippen LogP contribution in [0.2, 0.25) is 0 Å². The zero-order valence-corrected chi connectivity index (χ0v) is 11.6. The Morgan fingerprint density at radius 1 is 1.30 bits per heavy atom. The number of carbonyl (C=O) groups excluding carboxylic acids is 2. The van der Waals surface area contributed by atoms with Crippen LogP contribution in [0.1, 0.15) is 5.56 Å². The molecule has 2 atom stereocenters. The van der Waals surface area contributed by atoms with E-state index in [0.29, 0.717) is 6.61 Å². The summed E-state index contributed by atoms with van der Waals surface area (Å²) in [5.74, 6) is -0.597. The fraction of sp³-hybridized carbons (Fsp3) is 0.429. The second-order valence-corrected chi connectivity index (χ2v) is 4.82. The van der Waals surface area contributed by atoms with Crippen molar-refractivity contribution in [2.24, 2.45) is 5.92 Å². The summed E-state index contributed by atoms with van der Waals surface area (Å²) < 4.78 is 10.3. The Labute approximate surface area is 122 Å². The van der Waals surface area contributed by atoms with Gasteiger partial charge in [-0.3, -0.25) is 4.79 Å². The normalized spacial score (nSPS) is 21.4. The minimum Gasteiger partial charge on any atom is -0.445 e. The Morgan fingerprint density at radius 2 is 2.05 bits per heavy atom. The third-order valence-corrected chi connectivity index (χ3v) is 3.41. The molecule has 0 radical (unpaired) electrons. The van der Waals surface area contributed by atoms with Crippen molar-refractivity contribution < 1.29 is 19.1 Å². The lowest BCUT2D eigenvalue weighted by molar-refractivity contribution is -0.120. The van der Waals surface area contributed by atoms with Crippen LogP contribution in [0, 0.1) is 5.92 Å². The van der Waals surface area contributed by atoms with E-state index >= 15 is 0 Å². The summed E-state index contributed by atoms with van der Waals surface area (Å²) >= 11 is 5.53. The van der Waals surface area contributed by atoms with Crippen LogP contribution in [-0.4, -0.2) is 37.0 Å². The zero-order valence-electron chi connectivity index (χ0n) is 10.9. The maximum atomic E-state index is 11.7. The number of hydrogen-bond donors (Lipinski definition) is 1. The van der Waals surface area contributed by atoms with Crippen LogP contribution in [-0.2, 0) is 20.9 Å². The van der Waals surface area contributed by atoms with E-state index in [9.17, 15) is 9.59 Å². The molecular formula is C14H16ClNO4. The van der Waals surface area contributed by atoms with Gasteiger partial charge in [-0.05, 0) is 5.56 Å². The van der Waals surface area contributed by atoms with Crippen LogP contribution in [0.4, 0.5) is 4.79 Å². The minimum absolute atomic E-state index is 0.0781. The summed E-state index contributed by atoms with van der Waals surface area (Å²) in [7, 11) is 0. The Morgan fingerprint density at radius 3 is 2.75 bits per heavy atom. The molecule has 1 aromatic carbocycles. The Balaban J connectivity index is 1.80. The number of Topliss-reactive ketones (excluding diaryl/α,β-unsaturated/α-hetero) is 1. The predicted octanol–water partition coefficient (Wildman–Crippen LogP) is 1.74. The second-order valence-electron chi connectivity index (χ2n) is 4.56. The molecule has 6 heteroatoms. The fourth-order valence-corrected chi connectivity index (χ4v) is 2.23. The highest BCUT2D eigenvalue weighted by molar-refractivity contribution is 6.28. The van der Waals surface area contributed by atoms with Crippen molar-refractivity contribution in [1.82, 2.24) is 5.32 Å². The molecule has 1 aliphatic heterocycles. The van der Waals surface area contributed by atoms with Gasteiger partial charge in [0.15, 0.2) is 5.78 Å². The molecule has 2 unspecified atom stereocenters. The maximum absolute atomic E-state index is 11.7. The SMILES string of the molecule is O=C(NC1COCC1C(=O)CCl)OCc1ccccc1. The first-order chi connectivity index (χ1) is 9.70. The summed E-state index contributed by atoms with van der Waals surface area (Å²) in [5.41, 5.74) is 0.902. The highest BCUT2D eigenvalue weighted by atomic mass is 35.5. The van der Waals surface area contributed by atoms with E-state index in [2.05, 4.69) is 5.32 Å². The van der Waals surface area contributed by atoms with Crippen LogP contribution >= 0.6 is 11.6 Å². The number of nitrogens with one attached hydrogen (secondary N) is 1. The van der Waals surface area contributed by atoms with Crippen molar-refractivity contribution in [2.75, 3.05) is 19.1 Å². The van der Waals surface area contributed by atoms with Gasteiger partial charge in [-0.2, -0.15) is 0 Å². The number of ether oxygens (including phenoxy) is 2. The molecule has 1 aliphatic rings. The lowest BCUT2D eigenvalue weighted by Gasteiger charge is -2.17. The van der Waals surface area contributed by atoms with Gasteiger partial charge in [-0.1, -0.05) is 30.3 Å². The van der Waals surface area contributed by atoms with Gasteiger partial charge in [-0.15, -0.1) is 11.6 Å². The van der Waals surface area contributed by atoms with E-state index in [0.717, 1.165) is 5.56 Å². The summed E-state index contributed by atoms with van der Waals surface area (Å²) in [6, 6.07) is 9.00. The van der Waals surface area contributed by atoms with Crippen LogP contribution in [0.25, 0.3) is 0 Å². The molecular weight excluding hydrogens is 282 g/mol. The van der Waals surface area contributed by atoms with Crippen LogP contribution in [0.5, 0.6) is 0 Å². The van der Waals surface area contributed by atoms with Gasteiger partial charge in [0, 0.05) is 0 Å². The summed E-state index contributed by atoms with van der Waals surface area (Å²) in [6.07, 6.45) is -0.559. The van der Waals surface area contributed by atoms with Crippen molar-refractivity contribution in [1.29, 1.82) is 0 Å². The first-order valence-corrected chi connectivity index (χ1v) is 6.88. The number of carbonyl (C=O) groups is 2. The van der Waals surface area contributed by atoms with Gasteiger partial charge in [-0.25, -0.2) is 4.79 Å². The van der Waals surface area contributed by atoms with E-state index in [-0.39, 0.29) is 30.9 Å². The van der Waals surface area contributed by atoms with Crippen LogP contribution in [0.3, 0.4) is 0 Å². The number of amides is 1. The summed E-state index contributed by atoms with van der Waals surface area (Å²) in [5, 5.41) is 2.65. The molecule has 0 aliphatic carbocycles. The highest BCUT2D eigenvalue weighted by Gasteiger charge is 2.34. The van der Waals surface area contributed by atoms with E-state index < -0.39 is 12.0 Å². The number of alkyl carbamates (subject to hydrolysis) is 1. The number of halogens is 1. The minimum atomic E-state index is -0.559. The fourth-order valence-electron chi connectivity index (χ4n) is 2.03. The predicted molar refractivity (Wildman–Crippen MR) is 73.6 cm³/mol. The zero-order chi connectivity index (χ0) is 14.4. The van der Waals surface area contributed by atoms with E-state index in [1.54, 1.807) is 0 Å². The third kappa shape index (κ3) is 3.95. The van der Waals surface area contributed by atoms with Crippen molar-refractivity contribution in [3.05, 3.63) is 35.9 Å². The first kappa shape index (κ1) is 14.8. The number of alkyl halides is 1. The number of rotatable bonds is 5. The molecule has 108 valence electrons. The van der Waals surface area contributed by atoms with E-state index in [1.165, 1.54) is 0 Å². The van der Waals surface area contributed by atoms with Gasteiger partial charge >= 0.3 is 6.09 Å². The molecule has 1 amide bonds. The third-order valence-electron chi connectivity index (χ3n) is 3.14. The van der Waals surface area contributed by atoms with E-state index in [1.807, 2.05) is 30.3 Å². The lowest BCUT2D eigenvalue weighted by atomic mass is 10.00. The largest absolute Gasteiger partial charge is 0.445 e. The van der Waals surface area contributed by atoms with Gasteiger partial charge in [0.25, 0.3) is 0 Å². The second kappa shape index (κ2) is 7.26. The first-order valence-electron chi connectivity index (χ1n) is 6.34. The molecule has 0 aromatic heterocycles. The molecule has 0 saturated carbocycles. The molecule has 1 heterocycles. The van der Waals surface area contributed by atoms with E-state index in [4.69, 9.17) is 21.1 Å². The molecule has 1 fully saturated rings. The van der Waals surface area contributed by atoms with Gasteiger partial charge < -0.3 is 14.8 Å². The van der Waals surface area contributed by atoms with Gasteiger partial charge in [0.1, 0.15) is 6.61 Å². The van der Waals surface area contributed by atoms with Gasteiger partial charge in [0.2, 0.25) is 0 Å². The van der Waals surface area contributed by atoms with Crippen molar-refractivity contribution in [2.45, 2.75) is 12.6 Å². The Hall–Kier alpha value is -1.59. The summed E-state index contributed by atoms with van der Waals surface area (Å²) in [4.78, 5) is 23.3. The summed E-state index contributed by atoms with van der Waals surface area (Å²) in [6.45, 7) is 0.775. The van der Waals surface area contributed by atoms with Crippen molar-refractivity contribution >= 4 is 23.5 Å². The lowest BCUT2D eigenvalue weighted by Crippen LogP contribution is -2.43. The monoisotopic (exact) mass is 297 g/mol. The molecule has 5 nitrogen and oxygen atoms in total. The maximum Gasteiger partial charge on any atom is 0.407 e. The van der Waals surface area contributed by atoms with Crippen molar-refractivity contribution in [3.8, 4) is 0 Å². The molecule has 20 heavy (non-hydrogen) atoms. The Kier molecular flexibility index (Phi) is 5.38. The van der Waals surface area contributed by atoms with Gasteiger partial charge in [0.05, 0.1) is 31.1 Å². The number of ketones is 1. The highest BCUT2D eigenvalue weighted by Crippen LogP contribution is 2.16. The average Bonchev–Trinajstić information content (AvgIpc) is 2.93. The molecule has 2 rings (SSSR count). The standard InChI is InChI=1S/C14H16ClNO4/c15-6-13(17)11-8-19-9-12(11)16-14(18)20-7-10-4-2-1-3-5-10/h1-5,11-12H,6-9H2,(H,16,18). The topological polar surface area (TPSA) is 64.6 Å². The molecule has 1 saturated heterocycles. The molecule has 0 spiro atoms. The quantitative estimate of drug-likeness (QED) is 0.841. The van der Waals surface area contributed by atoms with Crippen molar-refractivity contribution in [3.63, 3.8) is 0 Å². The smallest absolute Gasteiger partial charge is 0.407 e. The average molecular weight is 298 g/mol. The Bertz CT molecular complexity index is 466. The number of benzene rings is 1. The molecule has 0 bridgehead atoms.